The molecule has 2 amide bonds. The summed E-state index contributed by atoms with van der Waals surface area (Å²) in [5.41, 5.74) is 1.61. The molecular formula is C20H21ClN4O4. The van der Waals surface area contributed by atoms with Gasteiger partial charge in [-0.2, -0.15) is 0 Å². The molecule has 3 rings (SSSR count). The number of carbonyl (C=O) groups excluding carboxylic acids is 2. The molecule has 0 spiro atoms. The lowest BCUT2D eigenvalue weighted by Crippen LogP contribution is -2.48. The lowest BCUT2D eigenvalue weighted by Gasteiger charge is -2.37. The number of rotatable bonds is 4. The van der Waals surface area contributed by atoms with E-state index in [4.69, 9.17) is 11.6 Å². The van der Waals surface area contributed by atoms with E-state index in [1.54, 1.807) is 36.1 Å². The van der Waals surface area contributed by atoms with Gasteiger partial charge >= 0.3 is 0 Å². The molecule has 0 radical (unpaired) electrons. The predicted octanol–water partition coefficient (Wildman–Crippen LogP) is 3.48. The van der Waals surface area contributed by atoms with Crippen molar-refractivity contribution in [3.05, 3.63) is 62.7 Å². The van der Waals surface area contributed by atoms with E-state index in [-0.39, 0.29) is 17.2 Å². The molecule has 2 aromatic rings. The number of nitrogens with one attached hydrogen (secondary N) is 1. The third-order valence-electron chi connectivity index (χ3n) is 5.02. The zero-order valence-corrected chi connectivity index (χ0v) is 16.9. The average molecular weight is 417 g/mol. The maximum Gasteiger partial charge on any atom is 0.273 e. The van der Waals surface area contributed by atoms with Crippen LogP contribution in [-0.2, 0) is 4.79 Å². The second-order valence-electron chi connectivity index (χ2n) is 6.79. The summed E-state index contributed by atoms with van der Waals surface area (Å²) in [6, 6.07) is 9.61. The highest BCUT2D eigenvalue weighted by atomic mass is 35.5. The summed E-state index contributed by atoms with van der Waals surface area (Å²) in [6.07, 6.45) is 0. The zero-order chi connectivity index (χ0) is 21.1. The highest BCUT2D eigenvalue weighted by Gasteiger charge is 2.24. The van der Waals surface area contributed by atoms with Crippen LogP contribution in [0.4, 0.5) is 17.1 Å². The molecule has 0 aromatic heterocycles. The van der Waals surface area contributed by atoms with E-state index in [0.717, 1.165) is 0 Å². The summed E-state index contributed by atoms with van der Waals surface area (Å²) in [7, 11) is 0. The van der Waals surface area contributed by atoms with Gasteiger partial charge in [0.2, 0.25) is 5.91 Å². The van der Waals surface area contributed by atoms with Crippen molar-refractivity contribution in [1.82, 2.24) is 4.90 Å². The summed E-state index contributed by atoms with van der Waals surface area (Å²) in [5, 5.41) is 14.5. The Morgan fingerprint density at radius 1 is 1.10 bits per heavy atom. The third kappa shape index (κ3) is 4.32. The van der Waals surface area contributed by atoms with Gasteiger partial charge in [-0.05, 0) is 25.1 Å². The van der Waals surface area contributed by atoms with Gasteiger partial charge in [-0.3, -0.25) is 19.7 Å². The Morgan fingerprint density at radius 2 is 1.76 bits per heavy atom. The van der Waals surface area contributed by atoms with Crippen molar-refractivity contribution >= 4 is 40.5 Å². The van der Waals surface area contributed by atoms with E-state index in [1.807, 2.05) is 4.90 Å². The Hall–Kier alpha value is -3.13. The molecule has 8 nitrogen and oxygen atoms in total. The number of carbonyl (C=O) groups is 2. The van der Waals surface area contributed by atoms with E-state index < -0.39 is 10.8 Å². The minimum atomic E-state index is -0.508. The average Bonchev–Trinajstić information content (AvgIpc) is 2.68. The van der Waals surface area contributed by atoms with Crippen molar-refractivity contribution in [3.63, 3.8) is 0 Å². The van der Waals surface area contributed by atoms with Crippen molar-refractivity contribution < 1.29 is 14.5 Å². The first kappa shape index (κ1) is 20.6. The van der Waals surface area contributed by atoms with Crippen molar-refractivity contribution in [2.45, 2.75) is 13.8 Å². The maximum atomic E-state index is 12.8. The van der Waals surface area contributed by atoms with Crippen molar-refractivity contribution in [2.24, 2.45) is 0 Å². The van der Waals surface area contributed by atoms with Crippen LogP contribution in [0.3, 0.4) is 0 Å². The van der Waals surface area contributed by atoms with Crippen molar-refractivity contribution in [1.29, 1.82) is 0 Å². The topological polar surface area (TPSA) is 95.8 Å². The summed E-state index contributed by atoms with van der Waals surface area (Å²) in [6.45, 7) is 5.39. The summed E-state index contributed by atoms with van der Waals surface area (Å²) in [5.74, 6) is -0.421. The van der Waals surface area contributed by atoms with E-state index in [9.17, 15) is 19.7 Å². The van der Waals surface area contributed by atoms with Crippen LogP contribution >= 0.6 is 11.6 Å². The van der Waals surface area contributed by atoms with Crippen LogP contribution in [0.5, 0.6) is 0 Å². The molecule has 1 saturated heterocycles. The highest BCUT2D eigenvalue weighted by Crippen LogP contribution is 2.35. The fourth-order valence-corrected chi connectivity index (χ4v) is 3.73. The normalized spacial score (nSPS) is 13.9. The standard InChI is InChI=1S/C20H21ClN4O4/c1-13-15(5-3-8-18(13)25(28)29)20(27)22-17-7-4-6-16(21)19(17)24-11-9-23(10-12-24)14(2)26/h3-8H,9-12H2,1-2H3,(H,22,27). The third-order valence-corrected chi connectivity index (χ3v) is 5.33. The quantitative estimate of drug-likeness (QED) is 0.608. The van der Waals surface area contributed by atoms with Crippen molar-refractivity contribution in [3.8, 4) is 0 Å². The Balaban J connectivity index is 1.87. The van der Waals surface area contributed by atoms with Gasteiger partial charge in [-0.25, -0.2) is 0 Å². The largest absolute Gasteiger partial charge is 0.365 e. The Morgan fingerprint density at radius 3 is 2.38 bits per heavy atom. The maximum absolute atomic E-state index is 12.8. The second kappa shape index (κ2) is 8.48. The molecule has 2 aromatic carbocycles. The Labute approximate surface area is 173 Å². The Bertz CT molecular complexity index is 971. The van der Waals surface area contributed by atoms with Crippen molar-refractivity contribution in [2.75, 3.05) is 36.4 Å². The number of hydrogen-bond donors (Lipinski definition) is 1. The van der Waals surface area contributed by atoms with Gasteiger partial charge in [0.1, 0.15) is 0 Å². The molecule has 1 heterocycles. The molecule has 0 aliphatic carbocycles. The number of piperazine rings is 1. The van der Waals surface area contributed by atoms with E-state index in [0.29, 0.717) is 48.1 Å². The molecule has 152 valence electrons. The summed E-state index contributed by atoms with van der Waals surface area (Å²) in [4.78, 5) is 38.8. The van der Waals surface area contributed by atoms with Gasteiger partial charge in [0.25, 0.3) is 11.6 Å². The van der Waals surface area contributed by atoms with E-state index in [1.165, 1.54) is 19.1 Å². The monoisotopic (exact) mass is 416 g/mol. The number of amides is 2. The van der Waals surface area contributed by atoms with Gasteiger partial charge < -0.3 is 15.1 Å². The summed E-state index contributed by atoms with van der Waals surface area (Å²) < 4.78 is 0. The van der Waals surface area contributed by atoms with Gasteiger partial charge in [0, 0.05) is 50.3 Å². The molecule has 9 heteroatoms. The first-order chi connectivity index (χ1) is 13.8. The lowest BCUT2D eigenvalue weighted by atomic mass is 10.1. The molecule has 0 saturated carbocycles. The molecule has 0 bridgehead atoms. The minimum absolute atomic E-state index is 0.0264. The highest BCUT2D eigenvalue weighted by molar-refractivity contribution is 6.34. The number of benzene rings is 2. The zero-order valence-electron chi connectivity index (χ0n) is 16.1. The van der Waals surface area contributed by atoms with Crippen LogP contribution in [-0.4, -0.2) is 47.8 Å². The molecular weight excluding hydrogens is 396 g/mol. The van der Waals surface area contributed by atoms with Gasteiger partial charge in [0.15, 0.2) is 0 Å². The molecule has 29 heavy (non-hydrogen) atoms. The van der Waals surface area contributed by atoms with Gasteiger partial charge in [-0.15, -0.1) is 0 Å². The molecule has 1 aliphatic heterocycles. The predicted molar refractivity (Wildman–Crippen MR) is 112 cm³/mol. The number of nitrogens with zero attached hydrogens (tertiary/aromatic N) is 3. The van der Waals surface area contributed by atoms with Crippen LogP contribution in [0.1, 0.15) is 22.8 Å². The fourth-order valence-electron chi connectivity index (χ4n) is 3.44. The molecule has 1 N–H and O–H groups in total. The summed E-state index contributed by atoms with van der Waals surface area (Å²) >= 11 is 6.43. The SMILES string of the molecule is CC(=O)N1CCN(c2c(Cl)cccc2NC(=O)c2cccc([N+](=O)[O-])c2C)CC1. The van der Waals surface area contributed by atoms with E-state index >= 15 is 0 Å². The van der Waals surface area contributed by atoms with Gasteiger partial charge in [0.05, 0.1) is 21.3 Å². The van der Waals surface area contributed by atoms with Crippen LogP contribution in [0.2, 0.25) is 5.02 Å². The van der Waals surface area contributed by atoms with Crippen LogP contribution in [0.15, 0.2) is 36.4 Å². The fraction of sp³-hybridized carbons (Fsp3) is 0.300. The number of para-hydroxylation sites is 1. The first-order valence-electron chi connectivity index (χ1n) is 9.14. The number of hydrogen-bond acceptors (Lipinski definition) is 5. The number of halogens is 1. The van der Waals surface area contributed by atoms with Crippen LogP contribution in [0, 0.1) is 17.0 Å². The Kier molecular flexibility index (Phi) is 6.03. The van der Waals surface area contributed by atoms with Crippen LogP contribution < -0.4 is 10.2 Å². The molecule has 0 unspecified atom stereocenters. The number of nitro groups is 1. The molecule has 1 aliphatic rings. The van der Waals surface area contributed by atoms with E-state index in [2.05, 4.69) is 5.32 Å². The van der Waals surface area contributed by atoms with Crippen LogP contribution in [0.25, 0.3) is 0 Å². The minimum Gasteiger partial charge on any atom is -0.365 e. The lowest BCUT2D eigenvalue weighted by molar-refractivity contribution is -0.385. The number of anilines is 2. The molecule has 1 fully saturated rings. The number of nitro benzene ring substituents is 1. The molecule has 0 atom stereocenters. The smallest absolute Gasteiger partial charge is 0.273 e. The second-order valence-corrected chi connectivity index (χ2v) is 7.20. The van der Waals surface area contributed by atoms with Gasteiger partial charge in [-0.1, -0.05) is 23.7 Å². The first-order valence-corrected chi connectivity index (χ1v) is 9.51.